The van der Waals surface area contributed by atoms with E-state index in [0.29, 0.717) is 0 Å². The van der Waals surface area contributed by atoms with Crippen molar-refractivity contribution in [2.75, 3.05) is 26.0 Å². The van der Waals surface area contributed by atoms with Crippen molar-refractivity contribution in [1.29, 1.82) is 0 Å². The topological polar surface area (TPSA) is 38.3 Å². The molecule has 1 unspecified atom stereocenters. The van der Waals surface area contributed by atoms with Crippen LogP contribution >= 0.6 is 23.5 Å². The molecule has 13 heavy (non-hydrogen) atoms. The van der Waals surface area contributed by atoms with Gasteiger partial charge in [-0.15, -0.1) is 23.5 Å². The maximum atomic E-state index is 11.3. The largest absolute Gasteiger partial charge is 0.468 e. The molecule has 3 nitrogen and oxygen atoms in total. The molecule has 74 valence electrons. The fraction of sp³-hybridized carbons (Fsp3) is 0.875. The zero-order chi connectivity index (χ0) is 9.31. The van der Waals surface area contributed by atoms with E-state index < -0.39 is 0 Å². The van der Waals surface area contributed by atoms with Gasteiger partial charge in [0.05, 0.1) is 11.2 Å². The Balaban J connectivity index is 1.96. The van der Waals surface area contributed by atoms with Gasteiger partial charge in [-0.3, -0.25) is 4.79 Å². The van der Waals surface area contributed by atoms with Gasteiger partial charge in [-0.05, 0) is 13.0 Å². The van der Waals surface area contributed by atoms with Crippen LogP contribution in [0.15, 0.2) is 0 Å². The second-order valence-electron chi connectivity index (χ2n) is 3.28. The van der Waals surface area contributed by atoms with Gasteiger partial charge >= 0.3 is 5.97 Å². The molecule has 0 aromatic rings. The average molecular weight is 219 g/mol. The molecule has 2 atom stereocenters. The molecule has 0 amide bonds. The summed E-state index contributed by atoms with van der Waals surface area (Å²) in [4.78, 5) is 11.3. The van der Waals surface area contributed by atoms with Gasteiger partial charge in [0.15, 0.2) is 0 Å². The molecule has 2 heterocycles. The first kappa shape index (κ1) is 9.68. The summed E-state index contributed by atoms with van der Waals surface area (Å²) >= 11 is 3.68. The van der Waals surface area contributed by atoms with E-state index in [4.69, 9.17) is 4.74 Å². The van der Waals surface area contributed by atoms with Gasteiger partial charge in [-0.25, -0.2) is 0 Å². The number of hydrogen-bond acceptors (Lipinski definition) is 5. The van der Waals surface area contributed by atoms with Crippen molar-refractivity contribution in [3.05, 3.63) is 0 Å². The highest BCUT2D eigenvalue weighted by Gasteiger charge is 2.45. The number of ether oxygens (including phenoxy) is 1. The third-order valence-corrected chi connectivity index (χ3v) is 6.05. The third kappa shape index (κ3) is 1.82. The Morgan fingerprint density at radius 1 is 1.69 bits per heavy atom. The van der Waals surface area contributed by atoms with Gasteiger partial charge < -0.3 is 10.1 Å². The molecule has 1 spiro atoms. The lowest BCUT2D eigenvalue weighted by atomic mass is 10.4. The van der Waals surface area contributed by atoms with E-state index in [2.05, 4.69) is 5.32 Å². The van der Waals surface area contributed by atoms with Crippen molar-refractivity contribution in [3.8, 4) is 0 Å². The highest BCUT2D eigenvalue weighted by molar-refractivity contribution is 8.22. The smallest absolute Gasteiger partial charge is 0.319 e. The van der Waals surface area contributed by atoms with Crippen LogP contribution < -0.4 is 5.32 Å². The van der Waals surface area contributed by atoms with E-state index in [1.54, 1.807) is 11.8 Å². The SMILES string of the molecule is COC(=O)C1CS[C@@]2(CCNC2)S1. The highest BCUT2D eigenvalue weighted by Crippen LogP contribution is 2.51. The van der Waals surface area contributed by atoms with Gasteiger partial charge in [0.25, 0.3) is 0 Å². The molecule has 0 saturated carbocycles. The molecule has 0 bridgehead atoms. The maximum absolute atomic E-state index is 11.3. The van der Waals surface area contributed by atoms with Crippen molar-refractivity contribution >= 4 is 29.5 Å². The molecular formula is C8H13NO2S2. The van der Waals surface area contributed by atoms with Crippen molar-refractivity contribution in [2.45, 2.75) is 15.7 Å². The molecule has 2 saturated heterocycles. The Hall–Kier alpha value is 0.130. The van der Waals surface area contributed by atoms with Crippen LogP contribution in [-0.4, -0.2) is 41.3 Å². The van der Waals surface area contributed by atoms with Crippen LogP contribution in [0.5, 0.6) is 0 Å². The number of carbonyl (C=O) groups is 1. The van der Waals surface area contributed by atoms with E-state index in [1.807, 2.05) is 11.8 Å². The molecule has 2 aliphatic heterocycles. The third-order valence-electron chi connectivity index (χ3n) is 2.40. The lowest BCUT2D eigenvalue weighted by molar-refractivity contribution is -0.139. The fourth-order valence-electron chi connectivity index (χ4n) is 1.67. The first-order valence-electron chi connectivity index (χ1n) is 4.36. The Labute approximate surface area is 86.4 Å². The zero-order valence-corrected chi connectivity index (χ0v) is 9.17. The maximum Gasteiger partial charge on any atom is 0.319 e. The monoisotopic (exact) mass is 219 g/mol. The van der Waals surface area contributed by atoms with Crippen molar-refractivity contribution in [3.63, 3.8) is 0 Å². The van der Waals surface area contributed by atoms with E-state index in [9.17, 15) is 4.79 Å². The number of thioether (sulfide) groups is 2. The minimum atomic E-state index is -0.0683. The van der Waals surface area contributed by atoms with Crippen LogP contribution in [0.4, 0.5) is 0 Å². The first-order valence-corrected chi connectivity index (χ1v) is 6.23. The predicted molar refractivity (Wildman–Crippen MR) is 56.1 cm³/mol. The summed E-state index contributed by atoms with van der Waals surface area (Å²) in [6.07, 6.45) is 1.16. The molecule has 5 heteroatoms. The fourth-order valence-corrected chi connectivity index (χ4v) is 5.13. The number of hydrogen-bond donors (Lipinski definition) is 1. The highest BCUT2D eigenvalue weighted by atomic mass is 32.2. The molecular weight excluding hydrogens is 206 g/mol. The lowest BCUT2D eigenvalue weighted by Gasteiger charge is -2.19. The van der Waals surface area contributed by atoms with Crippen LogP contribution in [0.2, 0.25) is 0 Å². The zero-order valence-electron chi connectivity index (χ0n) is 7.54. The Kier molecular flexibility index (Phi) is 2.76. The molecule has 2 fully saturated rings. The summed E-state index contributed by atoms with van der Waals surface area (Å²) < 4.78 is 5.01. The summed E-state index contributed by atoms with van der Waals surface area (Å²) in [7, 11) is 1.46. The first-order chi connectivity index (χ1) is 6.26. The van der Waals surface area contributed by atoms with Crippen LogP contribution in [0.1, 0.15) is 6.42 Å². The molecule has 1 N–H and O–H groups in total. The molecule has 0 aromatic heterocycles. The predicted octanol–water partition coefficient (Wildman–Crippen LogP) is 0.698. The van der Waals surface area contributed by atoms with Gasteiger partial charge in [0.2, 0.25) is 0 Å². The Bertz CT molecular complexity index is 216. The molecule has 0 radical (unpaired) electrons. The molecule has 2 aliphatic rings. The summed E-state index contributed by atoms with van der Waals surface area (Å²) in [5.74, 6) is 0.834. The van der Waals surface area contributed by atoms with Crippen molar-refractivity contribution < 1.29 is 9.53 Å². The number of carbonyl (C=O) groups excluding carboxylic acids is 1. The van der Waals surface area contributed by atoms with E-state index in [1.165, 1.54) is 7.11 Å². The van der Waals surface area contributed by atoms with Crippen LogP contribution in [0, 0.1) is 0 Å². The van der Waals surface area contributed by atoms with Gasteiger partial charge in [-0.2, -0.15) is 0 Å². The number of methoxy groups -OCH3 is 1. The second-order valence-corrected chi connectivity index (χ2v) is 6.53. The molecule has 2 rings (SSSR count). The standard InChI is InChI=1S/C8H13NO2S2/c1-11-7(10)6-4-12-8(13-6)2-3-9-5-8/h6,9H,2-5H2,1H3/t6?,8-/m0/s1. The normalized spacial score (nSPS) is 38.4. The number of nitrogens with one attached hydrogen (secondary N) is 1. The van der Waals surface area contributed by atoms with Gasteiger partial charge in [-0.1, -0.05) is 0 Å². The van der Waals surface area contributed by atoms with E-state index >= 15 is 0 Å². The minimum absolute atomic E-state index is 0.0508. The van der Waals surface area contributed by atoms with Crippen LogP contribution in [0.3, 0.4) is 0 Å². The quantitative estimate of drug-likeness (QED) is 0.657. The minimum Gasteiger partial charge on any atom is -0.468 e. The van der Waals surface area contributed by atoms with E-state index in [-0.39, 0.29) is 15.3 Å². The average Bonchev–Trinajstić information content (AvgIpc) is 2.76. The summed E-state index contributed by atoms with van der Waals surface area (Å²) in [6, 6.07) is 0. The number of esters is 1. The van der Waals surface area contributed by atoms with Gasteiger partial charge in [0, 0.05) is 12.3 Å². The van der Waals surface area contributed by atoms with Crippen molar-refractivity contribution in [1.82, 2.24) is 5.32 Å². The van der Waals surface area contributed by atoms with E-state index in [0.717, 1.165) is 25.3 Å². The summed E-state index contributed by atoms with van der Waals surface area (Å²) in [5.41, 5.74) is 0. The van der Waals surface area contributed by atoms with Crippen molar-refractivity contribution in [2.24, 2.45) is 0 Å². The van der Waals surface area contributed by atoms with Crippen LogP contribution in [-0.2, 0) is 9.53 Å². The Morgan fingerprint density at radius 2 is 2.54 bits per heavy atom. The van der Waals surface area contributed by atoms with Crippen LogP contribution in [0.25, 0.3) is 0 Å². The second kappa shape index (κ2) is 3.71. The molecule has 0 aliphatic carbocycles. The summed E-state index contributed by atoms with van der Waals surface area (Å²) in [5, 5.41) is 3.39. The Morgan fingerprint density at radius 3 is 3.15 bits per heavy atom. The summed E-state index contributed by atoms with van der Waals surface area (Å²) in [6.45, 7) is 2.10. The van der Waals surface area contributed by atoms with Gasteiger partial charge in [0.1, 0.15) is 5.25 Å². The molecule has 0 aromatic carbocycles. The lowest BCUT2D eigenvalue weighted by Crippen LogP contribution is -2.23. The number of rotatable bonds is 1.